The third-order valence-corrected chi connectivity index (χ3v) is 4.76. The third kappa shape index (κ3) is 3.48. The van der Waals surface area contributed by atoms with Gasteiger partial charge in [0.2, 0.25) is 5.91 Å². The van der Waals surface area contributed by atoms with Crippen molar-refractivity contribution in [3.05, 3.63) is 57.2 Å². The fourth-order valence-corrected chi connectivity index (χ4v) is 3.59. The zero-order valence-electron chi connectivity index (χ0n) is 11.8. The second-order valence-electron chi connectivity index (χ2n) is 5.24. The Kier molecular flexibility index (Phi) is 4.45. The smallest absolute Gasteiger partial charge is 0.264 e. The minimum Gasteiger partial charge on any atom is -0.350 e. The van der Waals surface area contributed by atoms with Crippen molar-refractivity contribution in [1.29, 1.82) is 0 Å². The van der Waals surface area contributed by atoms with Crippen molar-refractivity contribution in [1.82, 2.24) is 10.2 Å². The number of nitrogens with one attached hydrogen (secondary N) is 1. The molecule has 0 radical (unpaired) electrons. The summed E-state index contributed by atoms with van der Waals surface area (Å²) in [6, 6.07) is 13.3. The van der Waals surface area contributed by atoms with Crippen LogP contribution in [0, 0.1) is 0 Å². The van der Waals surface area contributed by atoms with Gasteiger partial charge in [-0.3, -0.25) is 9.59 Å². The van der Waals surface area contributed by atoms with E-state index in [-0.39, 0.29) is 24.4 Å². The average molecular weight is 335 g/mol. The Labute approximate surface area is 137 Å². The van der Waals surface area contributed by atoms with Crippen LogP contribution in [0.4, 0.5) is 0 Å². The molecule has 2 heterocycles. The molecule has 22 heavy (non-hydrogen) atoms. The number of halogens is 1. The standard InChI is InChI=1S/C16H15ClN2O2S/c17-14-7-6-13(22-14)16(21)19-9-12(18-15(20)10-19)8-11-4-2-1-3-5-11/h1-7,12H,8-10H2,(H,18,20)/t12-/m0/s1. The van der Waals surface area contributed by atoms with Crippen molar-refractivity contribution in [2.45, 2.75) is 12.5 Å². The summed E-state index contributed by atoms with van der Waals surface area (Å²) in [5, 5.41) is 2.95. The number of amides is 2. The fourth-order valence-electron chi connectivity index (χ4n) is 2.58. The summed E-state index contributed by atoms with van der Waals surface area (Å²) in [5.41, 5.74) is 1.14. The van der Waals surface area contributed by atoms with Gasteiger partial charge in [0, 0.05) is 6.54 Å². The van der Waals surface area contributed by atoms with Gasteiger partial charge in [-0.1, -0.05) is 41.9 Å². The average Bonchev–Trinajstić information content (AvgIpc) is 2.93. The van der Waals surface area contributed by atoms with E-state index in [1.54, 1.807) is 17.0 Å². The Hall–Kier alpha value is -1.85. The molecule has 114 valence electrons. The normalized spacial score (nSPS) is 18.1. The first-order valence-corrected chi connectivity index (χ1v) is 8.19. The maximum absolute atomic E-state index is 12.5. The van der Waals surface area contributed by atoms with Crippen molar-refractivity contribution in [2.24, 2.45) is 0 Å². The molecule has 0 aliphatic carbocycles. The van der Waals surface area contributed by atoms with Gasteiger partial charge in [0.1, 0.15) is 0 Å². The van der Waals surface area contributed by atoms with E-state index in [9.17, 15) is 9.59 Å². The van der Waals surface area contributed by atoms with Crippen LogP contribution >= 0.6 is 22.9 Å². The maximum Gasteiger partial charge on any atom is 0.264 e. The van der Waals surface area contributed by atoms with Gasteiger partial charge in [0.15, 0.2) is 0 Å². The van der Waals surface area contributed by atoms with Crippen LogP contribution in [-0.4, -0.2) is 35.8 Å². The molecule has 1 aliphatic rings. The van der Waals surface area contributed by atoms with Crippen molar-refractivity contribution in [3.8, 4) is 0 Å². The molecule has 0 saturated carbocycles. The molecule has 2 aromatic rings. The summed E-state index contributed by atoms with van der Waals surface area (Å²) >= 11 is 7.12. The molecule has 6 heteroatoms. The number of hydrogen-bond donors (Lipinski definition) is 1. The van der Waals surface area contributed by atoms with Gasteiger partial charge in [-0.25, -0.2) is 0 Å². The minimum absolute atomic E-state index is 0.0666. The zero-order chi connectivity index (χ0) is 15.5. The van der Waals surface area contributed by atoms with Crippen LogP contribution in [0.3, 0.4) is 0 Å². The molecule has 1 fully saturated rings. The van der Waals surface area contributed by atoms with Crippen LogP contribution in [0.25, 0.3) is 0 Å². The molecule has 4 nitrogen and oxygen atoms in total. The number of carbonyl (C=O) groups is 2. The van der Waals surface area contributed by atoms with Crippen LogP contribution in [0.5, 0.6) is 0 Å². The monoisotopic (exact) mass is 334 g/mol. The summed E-state index contributed by atoms with van der Waals surface area (Å²) in [7, 11) is 0. The highest BCUT2D eigenvalue weighted by molar-refractivity contribution is 7.17. The number of nitrogens with zero attached hydrogens (tertiary/aromatic N) is 1. The first kappa shape index (κ1) is 15.1. The van der Waals surface area contributed by atoms with Crippen LogP contribution in [0.1, 0.15) is 15.2 Å². The molecule has 3 rings (SSSR count). The molecule has 1 atom stereocenters. The van der Waals surface area contributed by atoms with E-state index < -0.39 is 0 Å². The van der Waals surface area contributed by atoms with Crippen LogP contribution in [-0.2, 0) is 11.2 Å². The lowest BCUT2D eigenvalue weighted by Crippen LogP contribution is -2.56. The quantitative estimate of drug-likeness (QED) is 0.938. The molecule has 0 bridgehead atoms. The first-order valence-electron chi connectivity index (χ1n) is 7.00. The Morgan fingerprint density at radius 2 is 2.05 bits per heavy atom. The lowest BCUT2D eigenvalue weighted by atomic mass is 10.0. The SMILES string of the molecule is O=C1CN(C(=O)c2ccc(Cl)s2)C[C@H](Cc2ccccc2)N1. The van der Waals surface area contributed by atoms with Gasteiger partial charge in [-0.15, -0.1) is 11.3 Å². The molecule has 0 unspecified atom stereocenters. The zero-order valence-corrected chi connectivity index (χ0v) is 13.4. The lowest BCUT2D eigenvalue weighted by Gasteiger charge is -2.33. The number of hydrogen-bond acceptors (Lipinski definition) is 3. The Morgan fingerprint density at radius 3 is 2.73 bits per heavy atom. The van der Waals surface area contributed by atoms with E-state index in [0.717, 1.165) is 5.56 Å². The molecule has 1 aliphatic heterocycles. The van der Waals surface area contributed by atoms with Gasteiger partial charge in [0.05, 0.1) is 21.8 Å². The van der Waals surface area contributed by atoms with Crippen molar-refractivity contribution < 1.29 is 9.59 Å². The first-order chi connectivity index (χ1) is 10.6. The van der Waals surface area contributed by atoms with Gasteiger partial charge in [0.25, 0.3) is 5.91 Å². The number of rotatable bonds is 3. The van der Waals surface area contributed by atoms with E-state index in [4.69, 9.17) is 11.6 Å². The predicted molar refractivity (Wildman–Crippen MR) is 87.3 cm³/mol. The van der Waals surface area contributed by atoms with Crippen molar-refractivity contribution in [3.63, 3.8) is 0 Å². The summed E-state index contributed by atoms with van der Waals surface area (Å²) in [4.78, 5) is 26.5. The summed E-state index contributed by atoms with van der Waals surface area (Å²) in [6.45, 7) is 0.606. The molecular formula is C16H15ClN2O2S. The molecular weight excluding hydrogens is 320 g/mol. The topological polar surface area (TPSA) is 49.4 Å². The highest BCUT2D eigenvalue weighted by Gasteiger charge is 2.29. The van der Waals surface area contributed by atoms with Crippen LogP contribution in [0.2, 0.25) is 4.34 Å². The highest BCUT2D eigenvalue weighted by atomic mass is 35.5. The Morgan fingerprint density at radius 1 is 1.27 bits per heavy atom. The molecule has 1 saturated heterocycles. The number of benzene rings is 1. The molecule has 0 spiro atoms. The molecule has 1 aromatic carbocycles. The second kappa shape index (κ2) is 6.50. The molecule has 2 amide bonds. The van der Waals surface area contributed by atoms with Crippen molar-refractivity contribution in [2.75, 3.05) is 13.1 Å². The fraction of sp³-hybridized carbons (Fsp3) is 0.250. The number of thiophene rings is 1. The number of carbonyl (C=O) groups excluding carboxylic acids is 2. The van der Waals surface area contributed by atoms with Crippen molar-refractivity contribution >= 4 is 34.8 Å². The molecule has 1 aromatic heterocycles. The second-order valence-corrected chi connectivity index (χ2v) is 6.96. The molecule has 1 N–H and O–H groups in total. The highest BCUT2D eigenvalue weighted by Crippen LogP contribution is 2.23. The summed E-state index contributed by atoms with van der Waals surface area (Å²) in [6.07, 6.45) is 0.710. The van der Waals surface area contributed by atoms with Gasteiger partial charge in [-0.05, 0) is 24.1 Å². The van der Waals surface area contributed by atoms with E-state index in [1.165, 1.54) is 11.3 Å². The van der Waals surface area contributed by atoms with Gasteiger partial charge in [-0.2, -0.15) is 0 Å². The summed E-state index contributed by atoms with van der Waals surface area (Å²) < 4.78 is 0.575. The summed E-state index contributed by atoms with van der Waals surface area (Å²) in [5.74, 6) is -0.256. The van der Waals surface area contributed by atoms with E-state index >= 15 is 0 Å². The van der Waals surface area contributed by atoms with Gasteiger partial charge >= 0.3 is 0 Å². The van der Waals surface area contributed by atoms with Gasteiger partial charge < -0.3 is 10.2 Å². The third-order valence-electron chi connectivity index (χ3n) is 3.54. The van der Waals surface area contributed by atoms with E-state index in [2.05, 4.69) is 5.32 Å². The van der Waals surface area contributed by atoms with Crippen LogP contribution < -0.4 is 5.32 Å². The Bertz CT molecular complexity index is 686. The maximum atomic E-state index is 12.5. The largest absolute Gasteiger partial charge is 0.350 e. The van der Waals surface area contributed by atoms with E-state index in [0.29, 0.717) is 22.2 Å². The van der Waals surface area contributed by atoms with Crippen LogP contribution in [0.15, 0.2) is 42.5 Å². The lowest BCUT2D eigenvalue weighted by molar-refractivity contribution is -0.124. The Balaban J connectivity index is 1.70. The van der Waals surface area contributed by atoms with E-state index in [1.807, 2.05) is 30.3 Å². The predicted octanol–water partition coefficient (Wildman–Crippen LogP) is 2.58. The minimum atomic E-state index is -0.134. The number of piperazine rings is 1.